The van der Waals surface area contributed by atoms with E-state index in [1.54, 1.807) is 0 Å². The second kappa shape index (κ2) is 6.55. The number of carbonyl (C=O) groups excluding carboxylic acids is 2. The van der Waals surface area contributed by atoms with Gasteiger partial charge in [-0.05, 0) is 43.9 Å². The van der Waals surface area contributed by atoms with Crippen molar-refractivity contribution < 1.29 is 26.4 Å². The molecule has 0 aromatic heterocycles. The van der Waals surface area contributed by atoms with Crippen LogP contribution in [0.4, 0.5) is 0 Å². The molecule has 2 heterocycles. The van der Waals surface area contributed by atoms with Gasteiger partial charge in [-0.2, -0.15) is 0 Å². The highest BCUT2D eigenvalue weighted by Gasteiger charge is 2.49. The number of hydrogen-bond acceptors (Lipinski definition) is 6. The summed E-state index contributed by atoms with van der Waals surface area (Å²) in [5.41, 5.74) is 0.249. The number of sulfonamides is 1. The molecule has 4 rings (SSSR count). The number of hydrogen-bond donors (Lipinski definition) is 0. The number of carbonyl (C=O) groups is 2. The van der Waals surface area contributed by atoms with Gasteiger partial charge in [-0.3, -0.25) is 9.59 Å². The van der Waals surface area contributed by atoms with Gasteiger partial charge in [-0.15, -0.1) is 0 Å². The van der Waals surface area contributed by atoms with Crippen LogP contribution in [0.15, 0.2) is 23.1 Å². The van der Waals surface area contributed by atoms with E-state index in [0.29, 0.717) is 32.2 Å². The molecule has 152 valence electrons. The van der Waals surface area contributed by atoms with Crippen LogP contribution >= 0.6 is 0 Å². The summed E-state index contributed by atoms with van der Waals surface area (Å²) in [6, 6.07) is 3.41. The van der Waals surface area contributed by atoms with Crippen LogP contribution in [0.1, 0.15) is 53.3 Å². The second-order valence-corrected chi connectivity index (χ2v) is 11.6. The van der Waals surface area contributed by atoms with E-state index in [-0.39, 0.29) is 33.6 Å². The lowest BCUT2D eigenvalue weighted by Crippen LogP contribution is -2.41. The van der Waals surface area contributed by atoms with Gasteiger partial charge in [-0.1, -0.05) is 6.92 Å². The molecule has 1 aromatic carbocycles. The SMILES string of the molecule is CCCN(C(=O)c1ccc2c(c1)S(=O)(=O)N(C1CC1)C2=O)C1CCS(=O)(=O)C1. The fraction of sp³-hybridized carbons (Fsp3) is 0.556. The first-order valence-electron chi connectivity index (χ1n) is 9.40. The minimum absolute atomic E-state index is 0.0502. The van der Waals surface area contributed by atoms with Crippen LogP contribution in [-0.4, -0.2) is 68.0 Å². The number of rotatable bonds is 5. The minimum atomic E-state index is -3.95. The smallest absolute Gasteiger partial charge is 0.269 e. The first kappa shape index (κ1) is 19.4. The van der Waals surface area contributed by atoms with Gasteiger partial charge in [0.15, 0.2) is 9.84 Å². The van der Waals surface area contributed by atoms with E-state index < -0.39 is 37.7 Å². The van der Waals surface area contributed by atoms with Crippen molar-refractivity contribution >= 4 is 31.7 Å². The summed E-state index contributed by atoms with van der Waals surface area (Å²) >= 11 is 0. The van der Waals surface area contributed by atoms with Crippen LogP contribution in [0.2, 0.25) is 0 Å². The van der Waals surface area contributed by atoms with Crippen LogP contribution in [0.3, 0.4) is 0 Å². The van der Waals surface area contributed by atoms with E-state index in [4.69, 9.17) is 0 Å². The van der Waals surface area contributed by atoms with Gasteiger partial charge in [0.2, 0.25) is 0 Å². The van der Waals surface area contributed by atoms with Crippen molar-refractivity contribution in [1.29, 1.82) is 0 Å². The lowest BCUT2D eigenvalue weighted by Gasteiger charge is -2.28. The highest BCUT2D eigenvalue weighted by Crippen LogP contribution is 2.39. The van der Waals surface area contributed by atoms with Gasteiger partial charge in [-0.25, -0.2) is 21.1 Å². The van der Waals surface area contributed by atoms with Gasteiger partial charge in [0, 0.05) is 24.2 Å². The fourth-order valence-electron chi connectivity index (χ4n) is 3.93. The molecule has 1 aromatic rings. The van der Waals surface area contributed by atoms with Gasteiger partial charge in [0.25, 0.3) is 21.8 Å². The zero-order chi connectivity index (χ0) is 20.3. The average Bonchev–Trinajstić information content (AvgIpc) is 3.36. The number of benzene rings is 1. The Balaban J connectivity index is 1.68. The van der Waals surface area contributed by atoms with Crippen LogP contribution < -0.4 is 0 Å². The Bertz CT molecular complexity index is 1060. The Hall–Kier alpha value is -1.94. The molecule has 0 bridgehead atoms. The molecule has 28 heavy (non-hydrogen) atoms. The maximum absolute atomic E-state index is 13.1. The third-order valence-corrected chi connectivity index (χ3v) is 9.07. The van der Waals surface area contributed by atoms with E-state index >= 15 is 0 Å². The van der Waals surface area contributed by atoms with Crippen LogP contribution in [-0.2, 0) is 19.9 Å². The highest BCUT2D eigenvalue weighted by molar-refractivity contribution is 7.91. The summed E-state index contributed by atoms with van der Waals surface area (Å²) in [6.45, 7) is 2.28. The van der Waals surface area contributed by atoms with Gasteiger partial charge in [0.05, 0.1) is 17.1 Å². The van der Waals surface area contributed by atoms with E-state index in [0.717, 1.165) is 4.31 Å². The van der Waals surface area contributed by atoms with Crippen molar-refractivity contribution in [3.8, 4) is 0 Å². The molecule has 0 N–H and O–H groups in total. The molecule has 1 atom stereocenters. The molecule has 3 aliphatic rings. The van der Waals surface area contributed by atoms with Crippen molar-refractivity contribution in [3.05, 3.63) is 29.3 Å². The molecule has 2 amide bonds. The summed E-state index contributed by atoms with van der Waals surface area (Å²) in [4.78, 5) is 27.0. The number of sulfone groups is 1. The Labute approximate surface area is 164 Å². The quantitative estimate of drug-likeness (QED) is 0.696. The molecule has 1 unspecified atom stereocenters. The minimum Gasteiger partial charge on any atom is -0.335 e. The first-order chi connectivity index (χ1) is 13.2. The third-order valence-electron chi connectivity index (χ3n) is 5.45. The van der Waals surface area contributed by atoms with E-state index in [9.17, 15) is 26.4 Å². The average molecular weight is 427 g/mol. The molecule has 8 nitrogen and oxygen atoms in total. The topological polar surface area (TPSA) is 109 Å². The summed E-state index contributed by atoms with van der Waals surface area (Å²) in [6.07, 6.45) is 2.35. The van der Waals surface area contributed by atoms with Crippen molar-refractivity contribution in [2.75, 3.05) is 18.1 Å². The molecular weight excluding hydrogens is 404 g/mol. The maximum atomic E-state index is 13.1. The Morgan fingerprint density at radius 1 is 1.18 bits per heavy atom. The molecule has 1 saturated heterocycles. The summed E-state index contributed by atoms with van der Waals surface area (Å²) in [7, 11) is -7.11. The van der Waals surface area contributed by atoms with Crippen LogP contribution in [0.25, 0.3) is 0 Å². The van der Waals surface area contributed by atoms with Crippen molar-refractivity contribution in [2.45, 2.75) is 49.6 Å². The number of fused-ring (bicyclic) bond motifs is 1. The monoisotopic (exact) mass is 426 g/mol. The third kappa shape index (κ3) is 3.12. The standard InChI is InChI=1S/C18H22N2O6S2/c1-2-8-19(14-7-9-27(23,24)11-14)17(21)12-3-6-15-16(10-12)28(25,26)20(18(15)22)13-4-5-13/h3,6,10,13-14H,2,4-5,7-9,11H2,1H3. The predicted molar refractivity (Wildman–Crippen MR) is 101 cm³/mol. The van der Waals surface area contributed by atoms with E-state index in [2.05, 4.69) is 0 Å². The Kier molecular flexibility index (Phi) is 4.53. The summed E-state index contributed by atoms with van der Waals surface area (Å²) in [5.74, 6) is -0.965. The number of amides is 2. The van der Waals surface area contributed by atoms with Crippen molar-refractivity contribution in [2.24, 2.45) is 0 Å². The zero-order valence-corrected chi connectivity index (χ0v) is 17.1. The Morgan fingerprint density at radius 2 is 1.89 bits per heavy atom. The normalized spacial score (nSPS) is 25.0. The zero-order valence-electron chi connectivity index (χ0n) is 15.5. The molecule has 2 aliphatic heterocycles. The summed E-state index contributed by atoms with van der Waals surface area (Å²) < 4.78 is 50.2. The molecule has 1 saturated carbocycles. The highest BCUT2D eigenvalue weighted by atomic mass is 32.2. The molecule has 0 spiro atoms. The molecular formula is C18H22N2O6S2. The van der Waals surface area contributed by atoms with Crippen LogP contribution in [0, 0.1) is 0 Å². The molecule has 10 heteroatoms. The Morgan fingerprint density at radius 3 is 2.46 bits per heavy atom. The molecule has 1 aliphatic carbocycles. The number of nitrogens with zero attached hydrogens (tertiary/aromatic N) is 2. The van der Waals surface area contributed by atoms with Gasteiger partial charge < -0.3 is 4.90 Å². The molecule has 0 radical (unpaired) electrons. The van der Waals surface area contributed by atoms with E-state index in [1.165, 1.54) is 23.1 Å². The van der Waals surface area contributed by atoms with Crippen LogP contribution in [0.5, 0.6) is 0 Å². The molecule has 2 fully saturated rings. The lowest BCUT2D eigenvalue weighted by molar-refractivity contribution is 0.0696. The maximum Gasteiger partial charge on any atom is 0.269 e. The first-order valence-corrected chi connectivity index (χ1v) is 12.7. The predicted octanol–water partition coefficient (Wildman–Crippen LogP) is 1.03. The largest absolute Gasteiger partial charge is 0.335 e. The van der Waals surface area contributed by atoms with Gasteiger partial charge in [0.1, 0.15) is 4.90 Å². The van der Waals surface area contributed by atoms with E-state index in [1.807, 2.05) is 6.92 Å². The summed E-state index contributed by atoms with van der Waals surface area (Å²) in [5, 5.41) is 0. The van der Waals surface area contributed by atoms with Crippen molar-refractivity contribution in [3.63, 3.8) is 0 Å². The van der Waals surface area contributed by atoms with Gasteiger partial charge >= 0.3 is 0 Å². The fourth-order valence-corrected chi connectivity index (χ4v) is 7.50. The van der Waals surface area contributed by atoms with Crippen molar-refractivity contribution in [1.82, 2.24) is 9.21 Å². The second-order valence-electron chi connectivity index (χ2n) is 7.60. The lowest BCUT2D eigenvalue weighted by atomic mass is 10.1.